The van der Waals surface area contributed by atoms with Crippen molar-refractivity contribution in [2.45, 2.75) is 65.1 Å². The lowest BCUT2D eigenvalue weighted by atomic mass is 10.0. The summed E-state index contributed by atoms with van der Waals surface area (Å²) in [7, 11) is 0. The number of nitrogens with zero attached hydrogens (tertiary/aromatic N) is 1. The standard InChI is InChI=1S/C14H28N2O2/c1-5-18-14(17)13(15-11(2)3)10-16-9-7-6-8-12(16)4/h11-13,15H,5-10H2,1-4H3. The highest BCUT2D eigenvalue weighted by Gasteiger charge is 2.27. The number of carbonyl (C=O) groups excluding carboxylic acids is 1. The number of likely N-dealkylation sites (tertiary alicyclic amines) is 1. The van der Waals surface area contributed by atoms with Gasteiger partial charge in [-0.15, -0.1) is 0 Å². The fourth-order valence-electron chi connectivity index (χ4n) is 2.50. The summed E-state index contributed by atoms with van der Waals surface area (Å²) in [6.45, 7) is 10.5. The smallest absolute Gasteiger partial charge is 0.324 e. The van der Waals surface area contributed by atoms with Crippen LogP contribution >= 0.6 is 0 Å². The van der Waals surface area contributed by atoms with E-state index in [2.05, 4.69) is 31.0 Å². The van der Waals surface area contributed by atoms with E-state index >= 15 is 0 Å². The van der Waals surface area contributed by atoms with Gasteiger partial charge >= 0.3 is 5.97 Å². The summed E-state index contributed by atoms with van der Waals surface area (Å²) in [5.74, 6) is -0.121. The molecule has 1 aliphatic heterocycles. The SMILES string of the molecule is CCOC(=O)C(CN1CCCCC1C)NC(C)C. The van der Waals surface area contributed by atoms with Crippen molar-refractivity contribution in [1.82, 2.24) is 10.2 Å². The number of piperidine rings is 1. The molecule has 0 bridgehead atoms. The van der Waals surface area contributed by atoms with Crippen molar-refractivity contribution in [2.24, 2.45) is 0 Å². The van der Waals surface area contributed by atoms with Crippen LogP contribution in [0.5, 0.6) is 0 Å². The Balaban J connectivity index is 2.56. The first-order valence-corrected chi connectivity index (χ1v) is 7.21. The maximum absolute atomic E-state index is 11.9. The van der Waals surface area contributed by atoms with Gasteiger partial charge < -0.3 is 10.1 Å². The van der Waals surface area contributed by atoms with Crippen molar-refractivity contribution in [3.63, 3.8) is 0 Å². The second kappa shape index (κ2) is 7.74. The first-order chi connectivity index (χ1) is 8.54. The first kappa shape index (κ1) is 15.4. The Morgan fingerprint density at radius 1 is 1.44 bits per heavy atom. The van der Waals surface area contributed by atoms with Crippen molar-refractivity contribution in [1.29, 1.82) is 0 Å². The normalized spacial score (nSPS) is 23.1. The van der Waals surface area contributed by atoms with E-state index in [4.69, 9.17) is 4.74 Å². The third kappa shape index (κ3) is 4.94. The fourth-order valence-corrected chi connectivity index (χ4v) is 2.50. The number of carbonyl (C=O) groups is 1. The van der Waals surface area contributed by atoms with Crippen LogP contribution in [0.2, 0.25) is 0 Å². The third-order valence-corrected chi connectivity index (χ3v) is 3.46. The molecule has 1 rings (SSSR count). The second-order valence-electron chi connectivity index (χ2n) is 5.47. The summed E-state index contributed by atoms with van der Waals surface area (Å²) in [5.41, 5.74) is 0. The molecule has 0 aromatic carbocycles. The Bertz CT molecular complexity index is 256. The van der Waals surface area contributed by atoms with Crippen molar-refractivity contribution >= 4 is 5.97 Å². The second-order valence-corrected chi connectivity index (χ2v) is 5.47. The van der Waals surface area contributed by atoms with E-state index in [1.54, 1.807) is 0 Å². The van der Waals surface area contributed by atoms with Crippen LogP contribution in [0.3, 0.4) is 0 Å². The molecule has 0 aliphatic carbocycles. The van der Waals surface area contributed by atoms with E-state index in [-0.39, 0.29) is 12.0 Å². The van der Waals surface area contributed by atoms with E-state index < -0.39 is 0 Å². The minimum Gasteiger partial charge on any atom is -0.465 e. The zero-order valence-electron chi connectivity index (χ0n) is 12.2. The van der Waals surface area contributed by atoms with Crippen molar-refractivity contribution in [2.75, 3.05) is 19.7 Å². The van der Waals surface area contributed by atoms with E-state index in [1.807, 2.05) is 6.92 Å². The zero-order valence-corrected chi connectivity index (χ0v) is 12.2. The number of nitrogens with one attached hydrogen (secondary N) is 1. The van der Waals surface area contributed by atoms with E-state index in [1.165, 1.54) is 19.3 Å². The van der Waals surface area contributed by atoms with Gasteiger partial charge in [0.2, 0.25) is 0 Å². The molecular weight excluding hydrogens is 228 g/mol. The molecule has 1 N–H and O–H groups in total. The summed E-state index contributed by atoms with van der Waals surface area (Å²) < 4.78 is 5.15. The molecule has 1 saturated heterocycles. The number of rotatable bonds is 6. The quantitative estimate of drug-likeness (QED) is 0.736. The van der Waals surface area contributed by atoms with Gasteiger partial charge in [0.1, 0.15) is 6.04 Å². The minimum atomic E-state index is -0.203. The summed E-state index contributed by atoms with van der Waals surface area (Å²) in [5, 5.41) is 3.32. The highest BCUT2D eigenvalue weighted by molar-refractivity contribution is 5.76. The molecule has 18 heavy (non-hydrogen) atoms. The van der Waals surface area contributed by atoms with Crippen LogP contribution in [-0.4, -0.2) is 48.7 Å². The van der Waals surface area contributed by atoms with Gasteiger partial charge in [0.25, 0.3) is 0 Å². The van der Waals surface area contributed by atoms with E-state index in [0.717, 1.165) is 13.1 Å². The molecule has 0 amide bonds. The average molecular weight is 256 g/mol. The van der Waals surface area contributed by atoms with Gasteiger partial charge in [0, 0.05) is 18.6 Å². The molecule has 0 radical (unpaired) electrons. The summed E-state index contributed by atoms with van der Waals surface area (Å²) in [6.07, 6.45) is 3.78. The molecule has 0 aromatic heterocycles. The van der Waals surface area contributed by atoms with Crippen LogP contribution in [0.15, 0.2) is 0 Å². The Morgan fingerprint density at radius 3 is 2.72 bits per heavy atom. The number of hydrogen-bond acceptors (Lipinski definition) is 4. The zero-order chi connectivity index (χ0) is 13.5. The molecule has 4 nitrogen and oxygen atoms in total. The van der Waals surface area contributed by atoms with Crippen LogP contribution in [0.1, 0.15) is 47.0 Å². The molecule has 0 saturated carbocycles. The van der Waals surface area contributed by atoms with E-state index in [9.17, 15) is 4.79 Å². The predicted molar refractivity (Wildman–Crippen MR) is 73.6 cm³/mol. The lowest BCUT2D eigenvalue weighted by Crippen LogP contribution is -2.52. The number of ether oxygens (including phenoxy) is 1. The molecule has 1 fully saturated rings. The van der Waals surface area contributed by atoms with Gasteiger partial charge in [-0.1, -0.05) is 20.3 Å². The monoisotopic (exact) mass is 256 g/mol. The maximum Gasteiger partial charge on any atom is 0.324 e. The summed E-state index contributed by atoms with van der Waals surface area (Å²) >= 11 is 0. The Morgan fingerprint density at radius 2 is 2.17 bits per heavy atom. The van der Waals surface area contributed by atoms with Crippen molar-refractivity contribution in [3.05, 3.63) is 0 Å². The van der Waals surface area contributed by atoms with Gasteiger partial charge in [-0.3, -0.25) is 9.69 Å². The van der Waals surface area contributed by atoms with Crippen LogP contribution < -0.4 is 5.32 Å². The minimum absolute atomic E-state index is 0.121. The number of hydrogen-bond donors (Lipinski definition) is 1. The lowest BCUT2D eigenvalue weighted by Gasteiger charge is -2.35. The highest BCUT2D eigenvalue weighted by atomic mass is 16.5. The lowest BCUT2D eigenvalue weighted by molar-refractivity contribution is -0.146. The largest absolute Gasteiger partial charge is 0.465 e. The average Bonchev–Trinajstić information content (AvgIpc) is 2.31. The molecular formula is C14H28N2O2. The first-order valence-electron chi connectivity index (χ1n) is 7.21. The van der Waals surface area contributed by atoms with Gasteiger partial charge in [0.05, 0.1) is 6.61 Å². The summed E-state index contributed by atoms with van der Waals surface area (Å²) in [6, 6.07) is 0.662. The van der Waals surface area contributed by atoms with Gasteiger partial charge in [-0.05, 0) is 33.2 Å². The molecule has 1 aliphatic rings. The Kier molecular flexibility index (Phi) is 6.65. The number of esters is 1. The van der Waals surface area contributed by atoms with Crippen molar-refractivity contribution < 1.29 is 9.53 Å². The van der Waals surface area contributed by atoms with Crippen LogP contribution in [0.4, 0.5) is 0 Å². The Hall–Kier alpha value is -0.610. The fraction of sp³-hybridized carbons (Fsp3) is 0.929. The van der Waals surface area contributed by atoms with Gasteiger partial charge in [0.15, 0.2) is 0 Å². The molecule has 0 spiro atoms. The van der Waals surface area contributed by atoms with Crippen LogP contribution in [0.25, 0.3) is 0 Å². The molecule has 1 heterocycles. The molecule has 0 aromatic rings. The van der Waals surface area contributed by atoms with Crippen molar-refractivity contribution in [3.8, 4) is 0 Å². The van der Waals surface area contributed by atoms with Gasteiger partial charge in [-0.25, -0.2) is 0 Å². The van der Waals surface area contributed by atoms with E-state index in [0.29, 0.717) is 18.7 Å². The highest BCUT2D eigenvalue weighted by Crippen LogP contribution is 2.16. The van der Waals surface area contributed by atoms with Crippen LogP contribution in [-0.2, 0) is 9.53 Å². The molecule has 2 unspecified atom stereocenters. The third-order valence-electron chi connectivity index (χ3n) is 3.46. The topological polar surface area (TPSA) is 41.6 Å². The Labute approximate surface area is 111 Å². The summed E-state index contributed by atoms with van der Waals surface area (Å²) in [4.78, 5) is 14.4. The maximum atomic E-state index is 11.9. The van der Waals surface area contributed by atoms with Gasteiger partial charge in [-0.2, -0.15) is 0 Å². The molecule has 4 heteroatoms. The predicted octanol–water partition coefficient (Wildman–Crippen LogP) is 1.79. The van der Waals surface area contributed by atoms with Crippen LogP contribution in [0, 0.1) is 0 Å². The molecule has 106 valence electrons. The molecule has 2 atom stereocenters.